The Labute approximate surface area is 120 Å². The number of carbonyl (C=O) groups excluding carboxylic acids is 1. The summed E-state index contributed by atoms with van der Waals surface area (Å²) in [6.45, 7) is 2.89. The number of carbonyl (C=O) groups is 1. The first-order chi connectivity index (χ1) is 9.74. The third-order valence-electron chi connectivity index (χ3n) is 4.45. The molecule has 106 valence electrons. The second kappa shape index (κ2) is 5.70. The average Bonchev–Trinajstić information content (AvgIpc) is 3.08. The molecule has 0 aliphatic heterocycles. The van der Waals surface area contributed by atoms with Crippen LogP contribution in [-0.4, -0.2) is 12.5 Å². The van der Waals surface area contributed by atoms with Gasteiger partial charge in [-0.3, -0.25) is 4.79 Å². The monoisotopic (exact) mass is 270 g/mol. The zero-order valence-electron chi connectivity index (χ0n) is 11.9. The minimum absolute atomic E-state index is 0.0559. The van der Waals surface area contributed by atoms with Gasteiger partial charge >= 0.3 is 0 Å². The lowest BCUT2D eigenvalue weighted by atomic mass is 9.93. The van der Waals surface area contributed by atoms with E-state index in [2.05, 4.69) is 28.9 Å². The Balaban J connectivity index is 1.56. The van der Waals surface area contributed by atoms with Gasteiger partial charge in [-0.2, -0.15) is 0 Å². The Morgan fingerprint density at radius 2 is 2.10 bits per heavy atom. The Bertz CT molecular complexity index is 523. The van der Waals surface area contributed by atoms with Gasteiger partial charge in [0.05, 0.1) is 0 Å². The number of allylic oxidation sites excluding steroid dienone is 2. The van der Waals surface area contributed by atoms with Crippen LogP contribution in [0.25, 0.3) is 0 Å². The number of rotatable bonds is 5. The lowest BCUT2D eigenvalue weighted by Crippen LogP contribution is -2.18. The summed E-state index contributed by atoms with van der Waals surface area (Å²) in [5.41, 5.74) is 1.96. The third kappa shape index (κ3) is 2.87. The summed E-state index contributed by atoms with van der Waals surface area (Å²) in [5.74, 6) is 2.41. The molecule has 0 radical (unpaired) electrons. The highest BCUT2D eigenvalue weighted by Gasteiger charge is 2.35. The standard InChI is InChI=1S/C17H22N2O/c1-2-17(20)19-16-5-3-4-15(10-16)18-11-14-9-12-6-7-13(14)8-12/h3-7,10,12-14,18H,2,8-9,11H2,1H3,(H,19,20). The fourth-order valence-electron chi connectivity index (χ4n) is 3.33. The van der Waals surface area contributed by atoms with E-state index in [1.807, 2.05) is 25.1 Å². The predicted molar refractivity (Wildman–Crippen MR) is 82.7 cm³/mol. The minimum Gasteiger partial charge on any atom is -0.385 e. The zero-order chi connectivity index (χ0) is 13.9. The minimum atomic E-state index is 0.0559. The normalized spacial score (nSPS) is 26.8. The van der Waals surface area contributed by atoms with Crippen LogP contribution in [0.15, 0.2) is 36.4 Å². The van der Waals surface area contributed by atoms with Crippen molar-refractivity contribution in [3.63, 3.8) is 0 Å². The number of anilines is 2. The molecule has 2 aliphatic carbocycles. The first-order valence-electron chi connectivity index (χ1n) is 7.56. The summed E-state index contributed by atoms with van der Waals surface area (Å²) < 4.78 is 0. The molecule has 3 heteroatoms. The molecule has 0 heterocycles. The third-order valence-corrected chi connectivity index (χ3v) is 4.45. The van der Waals surface area contributed by atoms with E-state index in [0.717, 1.165) is 35.7 Å². The summed E-state index contributed by atoms with van der Waals surface area (Å²) in [7, 11) is 0. The highest BCUT2D eigenvalue weighted by molar-refractivity contribution is 5.90. The lowest BCUT2D eigenvalue weighted by molar-refractivity contribution is -0.115. The second-order valence-corrected chi connectivity index (χ2v) is 5.90. The average molecular weight is 270 g/mol. The van der Waals surface area contributed by atoms with Crippen molar-refractivity contribution in [2.75, 3.05) is 17.2 Å². The number of benzene rings is 1. The van der Waals surface area contributed by atoms with E-state index in [1.165, 1.54) is 12.8 Å². The van der Waals surface area contributed by atoms with E-state index in [9.17, 15) is 4.79 Å². The van der Waals surface area contributed by atoms with Gasteiger partial charge in [-0.05, 0) is 48.8 Å². The Morgan fingerprint density at radius 3 is 2.80 bits per heavy atom. The van der Waals surface area contributed by atoms with Crippen LogP contribution in [0.2, 0.25) is 0 Å². The van der Waals surface area contributed by atoms with Gasteiger partial charge in [0.15, 0.2) is 0 Å². The van der Waals surface area contributed by atoms with E-state index in [1.54, 1.807) is 0 Å². The van der Waals surface area contributed by atoms with Gasteiger partial charge < -0.3 is 10.6 Å². The molecule has 3 atom stereocenters. The van der Waals surface area contributed by atoms with E-state index in [4.69, 9.17) is 0 Å². The molecule has 3 rings (SSSR count). The number of fused-ring (bicyclic) bond motifs is 2. The first kappa shape index (κ1) is 13.2. The largest absolute Gasteiger partial charge is 0.385 e. The van der Waals surface area contributed by atoms with Crippen molar-refractivity contribution in [2.45, 2.75) is 26.2 Å². The van der Waals surface area contributed by atoms with Crippen LogP contribution < -0.4 is 10.6 Å². The highest BCUT2D eigenvalue weighted by Crippen LogP contribution is 2.43. The van der Waals surface area contributed by atoms with Crippen LogP contribution in [-0.2, 0) is 4.79 Å². The molecule has 0 spiro atoms. The van der Waals surface area contributed by atoms with Crippen molar-refractivity contribution in [3.8, 4) is 0 Å². The van der Waals surface area contributed by atoms with Gasteiger partial charge in [0.25, 0.3) is 0 Å². The summed E-state index contributed by atoms with van der Waals surface area (Å²) in [5, 5.41) is 6.41. The molecular formula is C17H22N2O. The van der Waals surface area contributed by atoms with Crippen LogP contribution in [0.5, 0.6) is 0 Å². The van der Waals surface area contributed by atoms with Crippen LogP contribution in [0.3, 0.4) is 0 Å². The molecule has 0 aromatic heterocycles. The molecule has 1 aromatic rings. The summed E-state index contributed by atoms with van der Waals surface area (Å²) in [6, 6.07) is 7.98. The Morgan fingerprint density at radius 1 is 1.25 bits per heavy atom. The fourth-order valence-corrected chi connectivity index (χ4v) is 3.33. The smallest absolute Gasteiger partial charge is 0.224 e. The summed E-state index contributed by atoms with van der Waals surface area (Å²) in [6.07, 6.45) is 7.94. The van der Waals surface area contributed by atoms with Crippen molar-refractivity contribution < 1.29 is 4.79 Å². The molecule has 1 amide bonds. The van der Waals surface area contributed by atoms with Gasteiger partial charge in [-0.25, -0.2) is 0 Å². The topological polar surface area (TPSA) is 41.1 Å². The van der Waals surface area contributed by atoms with Gasteiger partial charge in [0.1, 0.15) is 0 Å². The molecule has 1 saturated carbocycles. The van der Waals surface area contributed by atoms with Crippen molar-refractivity contribution in [3.05, 3.63) is 36.4 Å². The molecule has 20 heavy (non-hydrogen) atoms. The summed E-state index contributed by atoms with van der Waals surface area (Å²) in [4.78, 5) is 11.4. The SMILES string of the molecule is CCC(=O)Nc1cccc(NCC2CC3C=CC2C3)c1. The summed E-state index contributed by atoms with van der Waals surface area (Å²) >= 11 is 0. The molecule has 2 aliphatic rings. The fraction of sp³-hybridized carbons (Fsp3) is 0.471. The van der Waals surface area contributed by atoms with E-state index in [0.29, 0.717) is 6.42 Å². The molecule has 1 aromatic carbocycles. The highest BCUT2D eigenvalue weighted by atomic mass is 16.1. The van der Waals surface area contributed by atoms with E-state index in [-0.39, 0.29) is 5.91 Å². The van der Waals surface area contributed by atoms with E-state index >= 15 is 0 Å². The number of amides is 1. The molecule has 2 N–H and O–H groups in total. The number of nitrogens with one attached hydrogen (secondary N) is 2. The second-order valence-electron chi connectivity index (χ2n) is 5.90. The molecule has 3 nitrogen and oxygen atoms in total. The van der Waals surface area contributed by atoms with E-state index < -0.39 is 0 Å². The Hall–Kier alpha value is -1.77. The number of hydrogen-bond donors (Lipinski definition) is 2. The molecular weight excluding hydrogens is 248 g/mol. The van der Waals surface area contributed by atoms with Crippen molar-refractivity contribution >= 4 is 17.3 Å². The van der Waals surface area contributed by atoms with Gasteiger partial charge in [0.2, 0.25) is 5.91 Å². The first-order valence-corrected chi connectivity index (χ1v) is 7.56. The van der Waals surface area contributed by atoms with Gasteiger partial charge in [0, 0.05) is 24.3 Å². The van der Waals surface area contributed by atoms with Crippen molar-refractivity contribution in [1.29, 1.82) is 0 Å². The van der Waals surface area contributed by atoms with Gasteiger partial charge in [-0.15, -0.1) is 0 Å². The van der Waals surface area contributed by atoms with Crippen LogP contribution >= 0.6 is 0 Å². The van der Waals surface area contributed by atoms with Crippen LogP contribution in [0, 0.1) is 17.8 Å². The van der Waals surface area contributed by atoms with Crippen LogP contribution in [0.1, 0.15) is 26.2 Å². The number of hydrogen-bond acceptors (Lipinski definition) is 2. The maximum atomic E-state index is 11.4. The van der Waals surface area contributed by atoms with Gasteiger partial charge in [-0.1, -0.05) is 25.1 Å². The van der Waals surface area contributed by atoms with Crippen molar-refractivity contribution in [1.82, 2.24) is 0 Å². The maximum absolute atomic E-state index is 11.4. The maximum Gasteiger partial charge on any atom is 0.224 e. The lowest BCUT2D eigenvalue weighted by Gasteiger charge is -2.19. The molecule has 0 saturated heterocycles. The molecule has 1 fully saturated rings. The molecule has 2 bridgehead atoms. The molecule has 3 unspecified atom stereocenters. The van der Waals surface area contributed by atoms with Crippen LogP contribution in [0.4, 0.5) is 11.4 Å². The quantitative estimate of drug-likeness (QED) is 0.802. The van der Waals surface area contributed by atoms with Crippen molar-refractivity contribution in [2.24, 2.45) is 17.8 Å². The zero-order valence-corrected chi connectivity index (χ0v) is 11.9. The predicted octanol–water partition coefficient (Wildman–Crippen LogP) is 3.66. The Kier molecular flexibility index (Phi) is 3.77.